The summed E-state index contributed by atoms with van der Waals surface area (Å²) in [6, 6.07) is 3.57. The maximum absolute atomic E-state index is 13.6. The second-order valence-electron chi connectivity index (χ2n) is 6.69. The molecule has 5 heteroatoms. The second kappa shape index (κ2) is 6.32. The Morgan fingerprint density at radius 2 is 1.91 bits per heavy atom. The minimum absolute atomic E-state index is 0.107. The van der Waals surface area contributed by atoms with Gasteiger partial charge >= 0.3 is 0 Å². The van der Waals surface area contributed by atoms with E-state index in [2.05, 4.69) is 5.32 Å². The van der Waals surface area contributed by atoms with Crippen LogP contribution in [-0.2, 0) is 11.2 Å². The highest BCUT2D eigenvalue weighted by atomic mass is 19.1. The molecule has 1 amide bonds. The van der Waals surface area contributed by atoms with Crippen LogP contribution in [0.25, 0.3) is 0 Å². The zero-order chi connectivity index (χ0) is 15.7. The van der Waals surface area contributed by atoms with Gasteiger partial charge in [0, 0.05) is 17.6 Å². The van der Waals surface area contributed by atoms with Gasteiger partial charge in [0.1, 0.15) is 11.6 Å². The lowest BCUT2D eigenvalue weighted by molar-refractivity contribution is -0.122. The summed E-state index contributed by atoms with van der Waals surface area (Å²) in [5, 5.41) is 3.05. The Kier molecular flexibility index (Phi) is 4.43. The van der Waals surface area contributed by atoms with Gasteiger partial charge in [-0.15, -0.1) is 0 Å². The number of hydrogen-bond donors (Lipinski definition) is 2. The average molecular weight is 308 g/mol. The van der Waals surface area contributed by atoms with E-state index in [0.717, 1.165) is 43.9 Å². The lowest BCUT2D eigenvalue weighted by Gasteiger charge is -2.45. The Hall–Kier alpha value is -1.49. The van der Waals surface area contributed by atoms with Crippen LogP contribution in [-0.4, -0.2) is 18.0 Å². The molecular weight excluding hydrogens is 286 g/mol. The van der Waals surface area contributed by atoms with E-state index in [0.29, 0.717) is 11.8 Å². The van der Waals surface area contributed by atoms with E-state index in [1.807, 2.05) is 0 Å². The Labute approximate surface area is 129 Å². The molecule has 2 aliphatic rings. The molecule has 0 saturated heterocycles. The number of carbonyl (C=O) groups excluding carboxylic acids is 1. The minimum atomic E-state index is -0.539. The molecule has 3 N–H and O–H groups in total. The Morgan fingerprint density at radius 1 is 1.23 bits per heavy atom. The van der Waals surface area contributed by atoms with Crippen LogP contribution < -0.4 is 11.1 Å². The maximum Gasteiger partial charge on any atom is 0.224 e. The highest BCUT2D eigenvalue weighted by Crippen LogP contribution is 2.39. The summed E-state index contributed by atoms with van der Waals surface area (Å²) in [5.74, 6) is -0.457. The molecule has 2 bridgehead atoms. The van der Waals surface area contributed by atoms with Gasteiger partial charge in [-0.05, 0) is 55.7 Å². The maximum atomic E-state index is 13.6. The number of rotatable bonds is 3. The second-order valence-corrected chi connectivity index (χ2v) is 6.69. The molecule has 2 unspecified atom stereocenters. The van der Waals surface area contributed by atoms with Gasteiger partial charge in [-0.3, -0.25) is 4.79 Å². The molecule has 0 aromatic heterocycles. The number of fused-ring (bicyclic) bond motifs is 2. The Balaban J connectivity index is 1.65. The number of amides is 1. The van der Waals surface area contributed by atoms with Gasteiger partial charge in [0.15, 0.2) is 0 Å². The molecule has 2 fully saturated rings. The van der Waals surface area contributed by atoms with E-state index in [9.17, 15) is 13.6 Å². The Morgan fingerprint density at radius 3 is 2.59 bits per heavy atom. The van der Waals surface area contributed by atoms with Crippen LogP contribution in [0.3, 0.4) is 0 Å². The molecule has 1 aromatic rings. The normalized spacial score (nSPS) is 30.9. The van der Waals surface area contributed by atoms with Crippen LogP contribution in [0.2, 0.25) is 0 Å². The molecule has 2 aliphatic carbocycles. The Bertz CT molecular complexity index is 550. The molecule has 2 atom stereocenters. The standard InChI is InChI=1S/C17H22F2N2O/c18-13-4-5-15(19)12(6-13)9-16(22)21-17-10-2-1-3-11(17)8-14(20)7-10/h4-6,10-11,14,17H,1-3,7-9,20H2,(H,21,22). The molecule has 22 heavy (non-hydrogen) atoms. The van der Waals surface area contributed by atoms with Crippen molar-refractivity contribution in [2.75, 3.05) is 0 Å². The van der Waals surface area contributed by atoms with E-state index in [-0.39, 0.29) is 30.0 Å². The largest absolute Gasteiger partial charge is 0.353 e. The average Bonchev–Trinajstić information content (AvgIpc) is 2.44. The van der Waals surface area contributed by atoms with E-state index >= 15 is 0 Å². The number of halogens is 2. The third kappa shape index (κ3) is 3.29. The first-order chi connectivity index (χ1) is 10.5. The zero-order valence-corrected chi connectivity index (χ0v) is 12.5. The number of carbonyl (C=O) groups is 1. The first-order valence-corrected chi connectivity index (χ1v) is 8.02. The number of nitrogens with one attached hydrogen (secondary N) is 1. The summed E-state index contributed by atoms with van der Waals surface area (Å²) in [4.78, 5) is 12.2. The predicted molar refractivity (Wildman–Crippen MR) is 80.0 cm³/mol. The van der Waals surface area contributed by atoms with Crippen LogP contribution in [0.5, 0.6) is 0 Å². The molecule has 1 aromatic carbocycles. The molecule has 120 valence electrons. The molecule has 0 heterocycles. The lowest BCUT2D eigenvalue weighted by atomic mass is 9.67. The van der Waals surface area contributed by atoms with Crippen molar-refractivity contribution in [1.29, 1.82) is 0 Å². The topological polar surface area (TPSA) is 55.1 Å². The zero-order valence-electron chi connectivity index (χ0n) is 12.5. The van der Waals surface area contributed by atoms with Crippen molar-refractivity contribution < 1.29 is 13.6 Å². The van der Waals surface area contributed by atoms with Crippen molar-refractivity contribution in [2.24, 2.45) is 17.6 Å². The van der Waals surface area contributed by atoms with Crippen LogP contribution in [0.1, 0.15) is 37.7 Å². The van der Waals surface area contributed by atoms with Crippen LogP contribution in [0.4, 0.5) is 8.78 Å². The van der Waals surface area contributed by atoms with Gasteiger partial charge < -0.3 is 11.1 Å². The molecular formula is C17H22F2N2O. The van der Waals surface area contributed by atoms with Crippen molar-refractivity contribution in [1.82, 2.24) is 5.32 Å². The van der Waals surface area contributed by atoms with Gasteiger partial charge in [-0.1, -0.05) is 6.42 Å². The smallest absolute Gasteiger partial charge is 0.224 e. The van der Waals surface area contributed by atoms with Crippen molar-refractivity contribution in [3.8, 4) is 0 Å². The fourth-order valence-corrected chi connectivity index (χ4v) is 4.11. The highest BCUT2D eigenvalue weighted by Gasteiger charge is 2.39. The molecule has 0 radical (unpaired) electrons. The minimum Gasteiger partial charge on any atom is -0.353 e. The molecule has 3 nitrogen and oxygen atoms in total. The third-order valence-electron chi connectivity index (χ3n) is 5.06. The van der Waals surface area contributed by atoms with E-state index in [1.165, 1.54) is 6.42 Å². The highest BCUT2D eigenvalue weighted by molar-refractivity contribution is 5.79. The predicted octanol–water partition coefficient (Wildman–Crippen LogP) is 2.53. The van der Waals surface area contributed by atoms with Crippen LogP contribution >= 0.6 is 0 Å². The summed E-state index contributed by atoms with van der Waals surface area (Å²) >= 11 is 0. The monoisotopic (exact) mass is 308 g/mol. The molecule has 0 spiro atoms. The summed E-state index contributed by atoms with van der Waals surface area (Å²) in [5.41, 5.74) is 6.18. The summed E-state index contributed by atoms with van der Waals surface area (Å²) in [6.07, 6.45) is 5.12. The van der Waals surface area contributed by atoms with Gasteiger partial charge in [-0.2, -0.15) is 0 Å². The van der Waals surface area contributed by atoms with Gasteiger partial charge in [0.05, 0.1) is 6.42 Å². The van der Waals surface area contributed by atoms with E-state index in [1.54, 1.807) is 0 Å². The molecule has 2 saturated carbocycles. The SMILES string of the molecule is NC1CC2CCCC(C1)C2NC(=O)Cc1cc(F)ccc1F. The summed E-state index contributed by atoms with van der Waals surface area (Å²) in [6.45, 7) is 0. The van der Waals surface area contributed by atoms with Crippen molar-refractivity contribution >= 4 is 5.91 Å². The quantitative estimate of drug-likeness (QED) is 0.901. The summed E-state index contributed by atoms with van der Waals surface area (Å²) < 4.78 is 26.8. The number of nitrogens with two attached hydrogens (primary N) is 1. The van der Waals surface area contributed by atoms with E-state index < -0.39 is 11.6 Å². The number of benzene rings is 1. The van der Waals surface area contributed by atoms with Crippen molar-refractivity contribution in [2.45, 2.75) is 50.6 Å². The van der Waals surface area contributed by atoms with E-state index in [4.69, 9.17) is 5.73 Å². The third-order valence-corrected chi connectivity index (χ3v) is 5.06. The fraction of sp³-hybridized carbons (Fsp3) is 0.588. The fourth-order valence-electron chi connectivity index (χ4n) is 4.11. The molecule has 0 aliphatic heterocycles. The first kappa shape index (κ1) is 15.4. The molecule has 3 rings (SSSR count). The van der Waals surface area contributed by atoms with Gasteiger partial charge in [0.25, 0.3) is 0 Å². The lowest BCUT2D eigenvalue weighted by Crippen LogP contribution is -2.54. The first-order valence-electron chi connectivity index (χ1n) is 8.02. The van der Waals surface area contributed by atoms with Gasteiger partial charge in [0.2, 0.25) is 5.91 Å². The van der Waals surface area contributed by atoms with Crippen molar-refractivity contribution in [3.05, 3.63) is 35.4 Å². The van der Waals surface area contributed by atoms with Crippen LogP contribution in [0.15, 0.2) is 18.2 Å². The van der Waals surface area contributed by atoms with Gasteiger partial charge in [-0.25, -0.2) is 8.78 Å². The van der Waals surface area contributed by atoms with Crippen LogP contribution in [0, 0.1) is 23.5 Å². The number of hydrogen-bond acceptors (Lipinski definition) is 2. The summed E-state index contributed by atoms with van der Waals surface area (Å²) in [7, 11) is 0. The van der Waals surface area contributed by atoms with Crippen molar-refractivity contribution in [3.63, 3.8) is 0 Å².